The number of rotatable bonds is 5. The van der Waals surface area contributed by atoms with E-state index in [0.717, 1.165) is 0 Å². The first-order valence-electron chi connectivity index (χ1n) is 5.14. The Balaban J connectivity index is 3.15. The fraction of sp³-hybridized carbons (Fsp3) is 0.417. The second-order valence-corrected chi connectivity index (χ2v) is 4.08. The maximum absolute atomic E-state index is 8.89. The van der Waals surface area contributed by atoms with Crippen molar-refractivity contribution in [1.29, 1.82) is 5.26 Å². The molecule has 0 spiro atoms. The van der Waals surface area contributed by atoms with Crippen molar-refractivity contribution in [2.45, 2.75) is 25.3 Å². The lowest BCUT2D eigenvalue weighted by Crippen LogP contribution is -2.14. The molecule has 1 aromatic carbocycles. The molecule has 3 nitrogen and oxygen atoms in total. The van der Waals surface area contributed by atoms with Gasteiger partial charge in [-0.1, -0.05) is 18.5 Å². The van der Waals surface area contributed by atoms with E-state index in [1.807, 2.05) is 6.92 Å². The Morgan fingerprint density at radius 1 is 1.47 bits per heavy atom. The molecule has 17 heavy (non-hydrogen) atoms. The van der Waals surface area contributed by atoms with Crippen molar-refractivity contribution in [2.24, 2.45) is 0 Å². The van der Waals surface area contributed by atoms with Gasteiger partial charge in [0.2, 0.25) is 0 Å². The highest BCUT2D eigenvalue weighted by Gasteiger charge is 2.16. The van der Waals surface area contributed by atoms with Crippen molar-refractivity contribution in [3.8, 4) is 17.6 Å². The van der Waals surface area contributed by atoms with Crippen LogP contribution in [-0.2, 0) is 5.88 Å². The zero-order valence-corrected chi connectivity index (χ0v) is 11.2. The van der Waals surface area contributed by atoms with Crippen LogP contribution in [0.4, 0.5) is 0 Å². The molecule has 0 amide bonds. The average Bonchev–Trinajstić information content (AvgIpc) is 2.36. The molecule has 1 atom stereocenters. The third-order valence-electron chi connectivity index (χ3n) is 2.24. The topological polar surface area (TPSA) is 42.2 Å². The normalized spacial score (nSPS) is 11.7. The molecule has 0 aromatic heterocycles. The molecule has 0 heterocycles. The van der Waals surface area contributed by atoms with Crippen LogP contribution in [0.5, 0.6) is 11.5 Å². The van der Waals surface area contributed by atoms with Gasteiger partial charge in [-0.25, -0.2) is 0 Å². The van der Waals surface area contributed by atoms with Gasteiger partial charge >= 0.3 is 0 Å². The van der Waals surface area contributed by atoms with E-state index in [1.54, 1.807) is 12.1 Å². The summed E-state index contributed by atoms with van der Waals surface area (Å²) in [6.45, 7) is 1.87. The minimum atomic E-state index is -0.521. The molecule has 0 aliphatic rings. The molecule has 1 aromatic rings. The van der Waals surface area contributed by atoms with E-state index in [9.17, 15) is 0 Å². The zero-order valence-electron chi connectivity index (χ0n) is 9.67. The fourth-order valence-corrected chi connectivity index (χ4v) is 1.78. The smallest absolute Gasteiger partial charge is 0.184 e. The average molecular weight is 274 g/mol. The van der Waals surface area contributed by atoms with Crippen LogP contribution in [0.15, 0.2) is 12.1 Å². The number of halogens is 2. The van der Waals surface area contributed by atoms with E-state index in [0.29, 0.717) is 28.5 Å². The Bertz CT molecular complexity index is 404. The minimum absolute atomic E-state index is 0.244. The Morgan fingerprint density at radius 2 is 2.18 bits per heavy atom. The molecule has 0 saturated heterocycles. The summed E-state index contributed by atoms with van der Waals surface area (Å²) in [6.07, 6.45) is 0.0661. The monoisotopic (exact) mass is 273 g/mol. The predicted molar refractivity (Wildman–Crippen MR) is 67.9 cm³/mol. The van der Waals surface area contributed by atoms with Gasteiger partial charge in [0.15, 0.2) is 17.6 Å². The lowest BCUT2D eigenvalue weighted by atomic mass is 10.2. The molecule has 92 valence electrons. The molecule has 0 fully saturated rings. The van der Waals surface area contributed by atoms with E-state index < -0.39 is 6.10 Å². The molecular formula is C12H13Cl2NO2. The van der Waals surface area contributed by atoms with Gasteiger partial charge in [-0.3, -0.25) is 0 Å². The maximum atomic E-state index is 8.89. The number of ether oxygens (including phenoxy) is 2. The van der Waals surface area contributed by atoms with Crippen molar-refractivity contribution in [2.75, 3.05) is 7.11 Å². The molecule has 1 unspecified atom stereocenters. The number of methoxy groups -OCH3 is 1. The first kappa shape index (κ1) is 14.0. The SMILES string of the molecule is CCC(C#N)Oc1c(CCl)cc(Cl)cc1OC. The number of alkyl halides is 1. The summed E-state index contributed by atoms with van der Waals surface area (Å²) in [5.41, 5.74) is 0.713. The quantitative estimate of drug-likeness (QED) is 0.767. The van der Waals surface area contributed by atoms with E-state index in [-0.39, 0.29) is 5.88 Å². The number of hydrogen-bond acceptors (Lipinski definition) is 3. The van der Waals surface area contributed by atoms with E-state index in [2.05, 4.69) is 6.07 Å². The summed E-state index contributed by atoms with van der Waals surface area (Å²) in [4.78, 5) is 0. The van der Waals surface area contributed by atoms with Gasteiger partial charge in [-0.15, -0.1) is 11.6 Å². The summed E-state index contributed by atoms with van der Waals surface area (Å²) < 4.78 is 10.8. The van der Waals surface area contributed by atoms with Gasteiger partial charge in [-0.2, -0.15) is 5.26 Å². The Morgan fingerprint density at radius 3 is 2.65 bits per heavy atom. The summed E-state index contributed by atoms with van der Waals surface area (Å²) in [5.74, 6) is 1.22. The first-order chi connectivity index (χ1) is 8.15. The van der Waals surface area contributed by atoms with Crippen molar-refractivity contribution < 1.29 is 9.47 Å². The fourth-order valence-electron chi connectivity index (χ4n) is 1.35. The maximum Gasteiger partial charge on any atom is 0.184 e. The molecule has 0 bridgehead atoms. The van der Waals surface area contributed by atoms with Crippen LogP contribution in [0.2, 0.25) is 5.02 Å². The molecule has 0 aliphatic carbocycles. The lowest BCUT2D eigenvalue weighted by Gasteiger charge is -2.17. The van der Waals surface area contributed by atoms with Gasteiger partial charge < -0.3 is 9.47 Å². The van der Waals surface area contributed by atoms with Crippen molar-refractivity contribution >= 4 is 23.2 Å². The van der Waals surface area contributed by atoms with Crippen LogP contribution in [0, 0.1) is 11.3 Å². The van der Waals surface area contributed by atoms with Crippen LogP contribution < -0.4 is 9.47 Å². The molecule has 0 radical (unpaired) electrons. The highest BCUT2D eigenvalue weighted by atomic mass is 35.5. The second kappa shape index (κ2) is 6.58. The lowest BCUT2D eigenvalue weighted by molar-refractivity contribution is 0.237. The van der Waals surface area contributed by atoms with Gasteiger partial charge in [-0.05, 0) is 12.5 Å². The highest BCUT2D eigenvalue weighted by Crippen LogP contribution is 2.36. The van der Waals surface area contributed by atoms with E-state index in [1.165, 1.54) is 7.11 Å². The number of hydrogen-bond donors (Lipinski definition) is 0. The Labute approximate surface area is 111 Å². The minimum Gasteiger partial charge on any atom is -0.493 e. The van der Waals surface area contributed by atoms with E-state index in [4.69, 9.17) is 37.9 Å². The number of nitriles is 1. The Kier molecular flexibility index (Phi) is 5.40. The molecular weight excluding hydrogens is 261 g/mol. The molecule has 5 heteroatoms. The van der Waals surface area contributed by atoms with E-state index >= 15 is 0 Å². The summed E-state index contributed by atoms with van der Waals surface area (Å²) in [5, 5.41) is 9.42. The molecule has 0 aliphatic heterocycles. The third-order valence-corrected chi connectivity index (χ3v) is 2.74. The highest BCUT2D eigenvalue weighted by molar-refractivity contribution is 6.31. The number of benzene rings is 1. The Hall–Kier alpha value is -1.11. The van der Waals surface area contributed by atoms with Crippen LogP contribution in [0.1, 0.15) is 18.9 Å². The van der Waals surface area contributed by atoms with Gasteiger partial charge in [0.1, 0.15) is 6.07 Å². The van der Waals surface area contributed by atoms with Crippen LogP contribution >= 0.6 is 23.2 Å². The molecule has 0 N–H and O–H groups in total. The largest absolute Gasteiger partial charge is 0.493 e. The zero-order chi connectivity index (χ0) is 12.8. The first-order valence-corrected chi connectivity index (χ1v) is 6.06. The van der Waals surface area contributed by atoms with Crippen LogP contribution in [0.3, 0.4) is 0 Å². The molecule has 1 rings (SSSR count). The summed E-state index contributed by atoms with van der Waals surface area (Å²) in [6, 6.07) is 5.40. The predicted octanol–water partition coefficient (Wildman–Crippen LogP) is 3.77. The van der Waals surface area contributed by atoms with Gasteiger partial charge in [0.05, 0.1) is 13.0 Å². The standard InChI is InChI=1S/C12H13Cl2NO2/c1-3-10(7-15)17-12-8(6-13)4-9(14)5-11(12)16-2/h4-5,10H,3,6H2,1-2H3. The van der Waals surface area contributed by atoms with Gasteiger partial charge in [0.25, 0.3) is 0 Å². The second-order valence-electron chi connectivity index (χ2n) is 3.37. The number of nitrogens with zero attached hydrogens (tertiary/aromatic N) is 1. The summed E-state index contributed by atoms with van der Waals surface area (Å²) >= 11 is 11.8. The van der Waals surface area contributed by atoms with Crippen molar-refractivity contribution in [3.05, 3.63) is 22.7 Å². The third kappa shape index (κ3) is 3.42. The molecule has 0 saturated carbocycles. The van der Waals surface area contributed by atoms with Crippen LogP contribution in [-0.4, -0.2) is 13.2 Å². The summed E-state index contributed by atoms with van der Waals surface area (Å²) in [7, 11) is 1.52. The van der Waals surface area contributed by atoms with Gasteiger partial charge in [0, 0.05) is 16.7 Å². The van der Waals surface area contributed by atoms with Crippen molar-refractivity contribution in [1.82, 2.24) is 0 Å². The van der Waals surface area contributed by atoms with Crippen LogP contribution in [0.25, 0.3) is 0 Å². The van der Waals surface area contributed by atoms with Crippen molar-refractivity contribution in [3.63, 3.8) is 0 Å².